The lowest BCUT2D eigenvalue weighted by Crippen LogP contribution is -2.88. The van der Waals surface area contributed by atoms with Crippen molar-refractivity contribution in [3.05, 3.63) is 0 Å². The molecule has 1 amide bonds. The third kappa shape index (κ3) is 0.246. The molecule has 7 saturated carbocycles. The van der Waals surface area contributed by atoms with Crippen molar-refractivity contribution in [2.24, 2.45) is 62.9 Å². The molecule has 6 atom stereocenters. The van der Waals surface area contributed by atoms with Gasteiger partial charge >= 0.3 is 5.97 Å². The summed E-state index contributed by atoms with van der Waals surface area (Å²) in [5, 5.41) is 0. The van der Waals surface area contributed by atoms with E-state index < -0.39 is 0 Å². The maximum absolute atomic E-state index is 12.1. The van der Waals surface area contributed by atoms with Crippen molar-refractivity contribution in [2.75, 3.05) is 7.11 Å². The fourth-order valence-corrected chi connectivity index (χ4v) is 9.52. The van der Waals surface area contributed by atoms with E-state index in [1.807, 2.05) is 0 Å². The van der Waals surface area contributed by atoms with Gasteiger partial charge in [-0.15, -0.1) is 0 Å². The minimum absolute atomic E-state index is 0.0205. The first-order valence-electron chi connectivity index (χ1n) is 6.52. The van der Waals surface area contributed by atoms with Gasteiger partial charge in [-0.2, -0.15) is 0 Å². The molecule has 2 N–H and O–H groups in total. The van der Waals surface area contributed by atoms with Gasteiger partial charge in [0.25, 0.3) is 0 Å². The van der Waals surface area contributed by atoms with Crippen molar-refractivity contribution < 1.29 is 14.3 Å². The Balaban J connectivity index is 1.52. The molecule has 0 saturated heterocycles. The normalized spacial score (nSPS) is 86.4. The lowest BCUT2D eigenvalue weighted by Gasteiger charge is -2.85. The molecule has 7 aliphatic rings. The topological polar surface area (TPSA) is 69.4 Å². The van der Waals surface area contributed by atoms with Crippen LogP contribution in [0, 0.1) is 57.2 Å². The van der Waals surface area contributed by atoms with E-state index in [4.69, 9.17) is 10.5 Å². The standard InChI is InChI=1S/C13H11NO3/c1-17-9(16)13-4-2-10(4)6-11(7(10)13)3(5(11)13)12(2,6)8(14)15/h2-7H,1H3,(H2,14,15). The molecule has 17 heavy (non-hydrogen) atoms. The second-order valence-electron chi connectivity index (χ2n) is 7.50. The van der Waals surface area contributed by atoms with Crippen molar-refractivity contribution in [1.82, 2.24) is 0 Å². The van der Waals surface area contributed by atoms with E-state index in [1.165, 1.54) is 7.11 Å². The van der Waals surface area contributed by atoms with Gasteiger partial charge in [-0.25, -0.2) is 0 Å². The molecule has 4 heteroatoms. The van der Waals surface area contributed by atoms with E-state index in [9.17, 15) is 9.59 Å². The first-order valence-corrected chi connectivity index (χ1v) is 6.52. The van der Waals surface area contributed by atoms with Crippen molar-refractivity contribution >= 4 is 11.9 Å². The molecule has 0 bridgehead atoms. The minimum Gasteiger partial charge on any atom is -0.469 e. The summed E-state index contributed by atoms with van der Waals surface area (Å²) in [5.74, 6) is 3.08. The number of fused-ring (bicyclic) bond motifs is 6. The van der Waals surface area contributed by atoms with Gasteiger partial charge in [0, 0.05) is 0 Å². The summed E-state index contributed by atoms with van der Waals surface area (Å²) in [6, 6.07) is 0. The highest BCUT2D eigenvalue weighted by Gasteiger charge is 3.32. The Morgan fingerprint density at radius 2 is 1.47 bits per heavy atom. The highest BCUT2D eigenvalue weighted by Crippen LogP contribution is 3.30. The molecule has 0 aliphatic heterocycles. The minimum atomic E-state index is -0.139. The van der Waals surface area contributed by atoms with E-state index in [1.54, 1.807) is 0 Å². The van der Waals surface area contributed by atoms with Gasteiger partial charge < -0.3 is 10.5 Å². The monoisotopic (exact) mass is 229 g/mol. The maximum atomic E-state index is 12.1. The summed E-state index contributed by atoms with van der Waals surface area (Å²) in [4.78, 5) is 23.9. The fraction of sp³-hybridized carbons (Fsp3) is 0.846. The number of primary amides is 1. The van der Waals surface area contributed by atoms with Crippen LogP contribution in [0.3, 0.4) is 0 Å². The number of rotatable bonds is 2. The highest BCUT2D eigenvalue weighted by atomic mass is 16.5. The van der Waals surface area contributed by atoms with Gasteiger partial charge in [-0.1, -0.05) is 0 Å². The van der Waals surface area contributed by atoms with Crippen molar-refractivity contribution in [3.63, 3.8) is 0 Å². The third-order valence-electron chi connectivity index (χ3n) is 8.58. The van der Waals surface area contributed by atoms with Gasteiger partial charge in [0.2, 0.25) is 5.91 Å². The number of esters is 1. The largest absolute Gasteiger partial charge is 0.469 e. The first-order chi connectivity index (χ1) is 8.13. The summed E-state index contributed by atoms with van der Waals surface area (Å²) in [6.07, 6.45) is 0. The van der Waals surface area contributed by atoms with Crippen LogP contribution in [-0.2, 0) is 14.3 Å². The first kappa shape index (κ1) is 7.39. The lowest BCUT2D eigenvalue weighted by atomic mass is 9.16. The summed E-state index contributed by atoms with van der Waals surface area (Å²) in [6.45, 7) is 0. The number of carbonyl (C=O) groups is 2. The summed E-state index contributed by atoms with van der Waals surface area (Å²) >= 11 is 0. The molecule has 4 nitrogen and oxygen atoms in total. The van der Waals surface area contributed by atoms with E-state index in [-0.39, 0.29) is 22.7 Å². The third-order valence-corrected chi connectivity index (χ3v) is 8.58. The van der Waals surface area contributed by atoms with Crippen LogP contribution >= 0.6 is 0 Å². The SMILES string of the molecule is COC(=O)C12C3C4C5(C(N)=O)C6C1C61C5C43C21. The predicted octanol–water partition coefficient (Wildman–Crippen LogP) is -0.617. The average molecular weight is 229 g/mol. The molecule has 0 aromatic carbocycles. The van der Waals surface area contributed by atoms with E-state index in [0.717, 1.165) is 0 Å². The molecule has 0 heterocycles. The number of carbonyl (C=O) groups excluding carboxylic acids is 2. The molecule has 86 valence electrons. The number of amides is 1. The zero-order valence-electron chi connectivity index (χ0n) is 9.27. The molecular weight excluding hydrogens is 218 g/mol. The van der Waals surface area contributed by atoms with Crippen molar-refractivity contribution in [2.45, 2.75) is 0 Å². The Morgan fingerprint density at radius 1 is 1.00 bits per heavy atom. The fourth-order valence-electron chi connectivity index (χ4n) is 9.52. The Bertz CT molecular complexity index is 609. The number of nitrogens with two attached hydrogens (primary N) is 1. The zero-order valence-corrected chi connectivity index (χ0v) is 9.27. The van der Waals surface area contributed by atoms with Crippen LogP contribution in [0.25, 0.3) is 0 Å². The van der Waals surface area contributed by atoms with Crippen LogP contribution in [0.1, 0.15) is 0 Å². The second-order valence-corrected chi connectivity index (χ2v) is 7.50. The number of hydrogen-bond donors (Lipinski definition) is 1. The van der Waals surface area contributed by atoms with Crippen LogP contribution in [0.4, 0.5) is 0 Å². The molecule has 2 spiro atoms. The van der Waals surface area contributed by atoms with Crippen LogP contribution in [0.5, 0.6) is 0 Å². The molecule has 0 aromatic heterocycles. The molecule has 0 aromatic rings. The van der Waals surface area contributed by atoms with E-state index in [0.29, 0.717) is 46.3 Å². The quantitative estimate of drug-likeness (QED) is 0.642. The Labute approximate surface area is 96.9 Å². The zero-order chi connectivity index (χ0) is 11.3. The Hall–Kier alpha value is -1.06. The van der Waals surface area contributed by atoms with E-state index in [2.05, 4.69) is 0 Å². The Kier molecular flexibility index (Phi) is 0.549. The highest BCUT2D eigenvalue weighted by molar-refractivity contribution is 6.02. The summed E-state index contributed by atoms with van der Waals surface area (Å²) in [7, 11) is 1.50. The number of hydrogen-bond acceptors (Lipinski definition) is 3. The van der Waals surface area contributed by atoms with Gasteiger partial charge in [0.05, 0.1) is 17.9 Å². The molecule has 7 rings (SSSR count). The van der Waals surface area contributed by atoms with Crippen molar-refractivity contribution in [1.29, 1.82) is 0 Å². The molecular formula is C13H11NO3. The summed E-state index contributed by atoms with van der Waals surface area (Å²) < 4.78 is 5.05. The molecule has 7 fully saturated rings. The second kappa shape index (κ2) is 1.26. The number of ether oxygens (including phenoxy) is 1. The average Bonchev–Trinajstić information content (AvgIpc) is 3.10. The Morgan fingerprint density at radius 3 is 1.94 bits per heavy atom. The van der Waals surface area contributed by atoms with Crippen LogP contribution in [0.15, 0.2) is 0 Å². The van der Waals surface area contributed by atoms with Gasteiger partial charge in [0.15, 0.2) is 0 Å². The van der Waals surface area contributed by atoms with Gasteiger partial charge in [0.1, 0.15) is 0 Å². The van der Waals surface area contributed by atoms with Crippen LogP contribution in [-0.4, -0.2) is 19.0 Å². The molecule has 0 radical (unpaired) electrons. The molecule has 6 unspecified atom stereocenters. The summed E-state index contributed by atoms with van der Waals surface area (Å²) in [5.41, 5.74) is 6.25. The molecule has 7 aliphatic carbocycles. The van der Waals surface area contributed by atoms with Gasteiger partial charge in [-0.3, -0.25) is 9.59 Å². The maximum Gasteiger partial charge on any atom is 0.312 e. The number of methoxy groups -OCH3 is 1. The predicted molar refractivity (Wildman–Crippen MR) is 51.9 cm³/mol. The lowest BCUT2D eigenvalue weighted by molar-refractivity contribution is -0.399. The smallest absolute Gasteiger partial charge is 0.312 e. The van der Waals surface area contributed by atoms with Crippen LogP contribution in [0.2, 0.25) is 0 Å². The van der Waals surface area contributed by atoms with E-state index >= 15 is 0 Å². The van der Waals surface area contributed by atoms with Gasteiger partial charge in [-0.05, 0) is 46.3 Å². The van der Waals surface area contributed by atoms with Crippen molar-refractivity contribution in [3.8, 4) is 0 Å². The van der Waals surface area contributed by atoms with Crippen LogP contribution < -0.4 is 5.73 Å².